The minimum absolute atomic E-state index is 0.00321. The summed E-state index contributed by atoms with van der Waals surface area (Å²) in [5.74, 6) is 0. The summed E-state index contributed by atoms with van der Waals surface area (Å²) in [5, 5.41) is 3.94. The fourth-order valence-electron chi connectivity index (χ4n) is 6.12. The third-order valence-corrected chi connectivity index (χ3v) is 8.54. The molecule has 1 unspecified atom stereocenters. The smallest absolute Gasteiger partial charge is 0.0781 e. The fourth-order valence-corrected chi connectivity index (χ4v) is 6.12. The molecule has 1 atom stereocenters. The number of nitrogens with one attached hydrogen (secondary N) is 1. The highest BCUT2D eigenvalue weighted by Crippen LogP contribution is 2.28. The van der Waals surface area contributed by atoms with E-state index in [2.05, 4.69) is 96.6 Å². The Morgan fingerprint density at radius 1 is 0.711 bits per heavy atom. The van der Waals surface area contributed by atoms with E-state index in [0.29, 0.717) is 6.17 Å². The van der Waals surface area contributed by atoms with Crippen molar-refractivity contribution in [3.8, 4) is 0 Å². The topological polar surface area (TPSA) is 18.5 Å². The lowest BCUT2D eigenvalue weighted by molar-refractivity contribution is -0.0230. The summed E-state index contributed by atoms with van der Waals surface area (Å²) in [5.41, 5.74) is 2.78. The molecule has 38 heavy (non-hydrogen) atoms. The predicted octanol–water partition coefficient (Wildman–Crippen LogP) is 8.79. The maximum atomic E-state index is 3.94. The van der Waals surface area contributed by atoms with Gasteiger partial charge in [0.1, 0.15) is 0 Å². The van der Waals surface area contributed by atoms with Gasteiger partial charge in [-0.2, -0.15) is 0 Å². The van der Waals surface area contributed by atoms with Crippen LogP contribution in [0.25, 0.3) is 0 Å². The summed E-state index contributed by atoms with van der Waals surface area (Å²) in [6.07, 6.45) is 18.6. The first-order valence-corrected chi connectivity index (χ1v) is 15.9. The van der Waals surface area contributed by atoms with E-state index >= 15 is 0 Å². The Kier molecular flexibility index (Phi) is 14.5. The fraction of sp³-hybridized carbons (Fsp3) is 0.657. The third-order valence-electron chi connectivity index (χ3n) is 8.54. The Labute approximate surface area is 235 Å². The first-order valence-electron chi connectivity index (χ1n) is 15.9. The van der Waals surface area contributed by atoms with Gasteiger partial charge in [-0.25, -0.2) is 0 Å². The van der Waals surface area contributed by atoms with Gasteiger partial charge < -0.3 is 5.32 Å². The first-order chi connectivity index (χ1) is 18.6. The molecule has 2 aromatic rings. The molecule has 212 valence electrons. The zero-order chi connectivity index (χ0) is 26.9. The van der Waals surface area contributed by atoms with Crippen LogP contribution < -0.4 is 5.32 Å². The van der Waals surface area contributed by atoms with Gasteiger partial charge in [0.05, 0.1) is 6.17 Å². The molecule has 3 rings (SSSR count). The van der Waals surface area contributed by atoms with Crippen molar-refractivity contribution in [2.75, 3.05) is 19.6 Å². The molecular weight excluding hydrogens is 462 g/mol. The van der Waals surface area contributed by atoms with Crippen LogP contribution in [0.15, 0.2) is 60.7 Å². The van der Waals surface area contributed by atoms with Gasteiger partial charge in [-0.1, -0.05) is 138 Å². The van der Waals surface area contributed by atoms with E-state index < -0.39 is 0 Å². The molecule has 1 aliphatic rings. The molecule has 0 amide bonds. The molecule has 1 aliphatic heterocycles. The Hall–Kier alpha value is -1.68. The molecule has 1 saturated heterocycles. The number of hydrogen-bond acceptors (Lipinski definition) is 3. The number of unbranched alkanes of at least 4 members (excludes halogenated alkanes) is 11. The summed E-state index contributed by atoms with van der Waals surface area (Å²) in [6.45, 7) is 12.7. The van der Waals surface area contributed by atoms with E-state index in [0.717, 1.165) is 19.6 Å². The van der Waals surface area contributed by atoms with Gasteiger partial charge in [-0.05, 0) is 50.9 Å². The molecule has 0 saturated carbocycles. The maximum Gasteiger partial charge on any atom is 0.0781 e. The van der Waals surface area contributed by atoms with Crippen LogP contribution in [0.1, 0.15) is 115 Å². The standard InChI is InChI=1S/C35H57N3/c1-4-5-6-7-8-9-10-11-12-13-14-21-28-37-29-22-27-36-34(37)35(2,3)38(30-32-23-17-15-18-24-32)31-33-25-19-16-20-26-33/h15-20,23-26,34,36H,4-14,21-22,27-31H2,1-3H3. The lowest BCUT2D eigenvalue weighted by Gasteiger charge is -2.51. The summed E-state index contributed by atoms with van der Waals surface area (Å²) >= 11 is 0. The predicted molar refractivity (Wildman–Crippen MR) is 165 cm³/mol. The van der Waals surface area contributed by atoms with Gasteiger partial charge in [-0.3, -0.25) is 9.80 Å². The summed E-state index contributed by atoms with van der Waals surface area (Å²) < 4.78 is 0. The normalized spacial score (nSPS) is 16.8. The van der Waals surface area contributed by atoms with E-state index in [1.54, 1.807) is 0 Å². The minimum atomic E-state index is 0.00321. The van der Waals surface area contributed by atoms with Crippen LogP contribution in [0.4, 0.5) is 0 Å². The van der Waals surface area contributed by atoms with Crippen molar-refractivity contribution in [2.24, 2.45) is 0 Å². The van der Waals surface area contributed by atoms with Crippen molar-refractivity contribution in [3.63, 3.8) is 0 Å². The molecule has 3 nitrogen and oxygen atoms in total. The summed E-state index contributed by atoms with van der Waals surface area (Å²) in [4.78, 5) is 5.44. The monoisotopic (exact) mass is 519 g/mol. The zero-order valence-electron chi connectivity index (χ0n) is 25.0. The molecule has 1 N–H and O–H groups in total. The van der Waals surface area contributed by atoms with Gasteiger partial charge >= 0.3 is 0 Å². The Morgan fingerprint density at radius 3 is 1.68 bits per heavy atom. The number of hydrogen-bond donors (Lipinski definition) is 1. The van der Waals surface area contributed by atoms with E-state index in [9.17, 15) is 0 Å². The lowest BCUT2D eigenvalue weighted by atomic mass is 9.93. The highest BCUT2D eigenvalue weighted by atomic mass is 15.4. The van der Waals surface area contributed by atoms with Crippen molar-refractivity contribution in [2.45, 2.75) is 129 Å². The van der Waals surface area contributed by atoms with Gasteiger partial charge in [-0.15, -0.1) is 0 Å². The molecule has 0 aliphatic carbocycles. The largest absolute Gasteiger partial charge is 0.300 e. The number of nitrogens with zero attached hydrogens (tertiary/aromatic N) is 2. The van der Waals surface area contributed by atoms with Crippen LogP contribution in [0.3, 0.4) is 0 Å². The van der Waals surface area contributed by atoms with Crippen LogP contribution in [-0.2, 0) is 13.1 Å². The Bertz CT molecular complexity index is 793. The summed E-state index contributed by atoms with van der Waals surface area (Å²) in [7, 11) is 0. The number of rotatable bonds is 19. The van der Waals surface area contributed by atoms with Gasteiger partial charge in [0.2, 0.25) is 0 Å². The lowest BCUT2D eigenvalue weighted by Crippen LogP contribution is -2.66. The quantitative estimate of drug-likeness (QED) is 0.187. The Balaban J connectivity index is 1.48. The molecule has 3 heteroatoms. The van der Waals surface area contributed by atoms with Gasteiger partial charge in [0.15, 0.2) is 0 Å². The van der Waals surface area contributed by atoms with Crippen molar-refractivity contribution in [1.82, 2.24) is 15.1 Å². The molecule has 0 radical (unpaired) electrons. The average molecular weight is 520 g/mol. The highest BCUT2D eigenvalue weighted by molar-refractivity contribution is 5.18. The molecule has 0 aromatic heterocycles. The minimum Gasteiger partial charge on any atom is -0.300 e. The molecule has 0 spiro atoms. The molecule has 1 fully saturated rings. The van der Waals surface area contributed by atoms with Crippen LogP contribution in [0.2, 0.25) is 0 Å². The van der Waals surface area contributed by atoms with E-state index in [4.69, 9.17) is 0 Å². The molecule has 2 aromatic carbocycles. The van der Waals surface area contributed by atoms with Crippen LogP contribution in [0, 0.1) is 0 Å². The van der Waals surface area contributed by atoms with E-state index in [-0.39, 0.29) is 5.54 Å². The molecule has 0 bridgehead atoms. The number of benzene rings is 2. The molecule has 1 heterocycles. The second-order valence-corrected chi connectivity index (χ2v) is 12.1. The van der Waals surface area contributed by atoms with Crippen molar-refractivity contribution in [3.05, 3.63) is 71.8 Å². The van der Waals surface area contributed by atoms with E-state index in [1.807, 2.05) is 0 Å². The first kappa shape index (κ1) is 30.9. The van der Waals surface area contributed by atoms with Crippen LogP contribution in [-0.4, -0.2) is 41.1 Å². The SMILES string of the molecule is CCCCCCCCCCCCCCN1CCCNC1C(C)(C)N(Cc1ccccc1)Cc1ccccc1. The maximum absolute atomic E-state index is 3.94. The Morgan fingerprint density at radius 2 is 1.18 bits per heavy atom. The third kappa shape index (κ3) is 10.8. The van der Waals surface area contributed by atoms with Crippen LogP contribution in [0.5, 0.6) is 0 Å². The average Bonchev–Trinajstić information content (AvgIpc) is 2.94. The highest BCUT2D eigenvalue weighted by Gasteiger charge is 2.40. The van der Waals surface area contributed by atoms with Crippen molar-refractivity contribution in [1.29, 1.82) is 0 Å². The van der Waals surface area contributed by atoms with E-state index in [1.165, 1.54) is 108 Å². The second-order valence-electron chi connectivity index (χ2n) is 12.1. The van der Waals surface area contributed by atoms with Crippen LogP contribution >= 0.6 is 0 Å². The van der Waals surface area contributed by atoms with Crippen molar-refractivity contribution >= 4 is 0 Å². The van der Waals surface area contributed by atoms with Gasteiger partial charge in [0.25, 0.3) is 0 Å². The molecular formula is C35H57N3. The second kappa shape index (κ2) is 17.8. The van der Waals surface area contributed by atoms with Crippen molar-refractivity contribution < 1.29 is 0 Å². The zero-order valence-corrected chi connectivity index (χ0v) is 25.0. The van der Waals surface area contributed by atoms with Gasteiger partial charge in [0, 0.05) is 25.2 Å². The summed E-state index contributed by atoms with van der Waals surface area (Å²) in [6, 6.07) is 22.0.